The van der Waals surface area contributed by atoms with Gasteiger partial charge in [0.15, 0.2) is 11.6 Å². The number of hydrogen-bond acceptors (Lipinski definition) is 3. The van der Waals surface area contributed by atoms with E-state index in [2.05, 4.69) is 219 Å². The Bertz CT molecular complexity index is 3920. The van der Waals surface area contributed by atoms with Crippen molar-refractivity contribution in [2.75, 3.05) is 0 Å². The zero-order chi connectivity index (χ0) is 44.3. The molecule has 5 nitrogen and oxygen atoms in total. The summed E-state index contributed by atoms with van der Waals surface area (Å²) < 4.78 is 4.79. The summed E-state index contributed by atoms with van der Waals surface area (Å²) in [4.78, 5) is 16.4. The molecule has 3 aromatic heterocycles. The van der Waals surface area contributed by atoms with Crippen molar-refractivity contribution in [3.8, 4) is 45.5 Å². The first-order valence-corrected chi connectivity index (χ1v) is 23.2. The van der Waals surface area contributed by atoms with E-state index in [4.69, 9.17) is 15.0 Å². The second kappa shape index (κ2) is 14.3. The van der Waals surface area contributed by atoms with Gasteiger partial charge in [-0.15, -0.1) is 0 Å². The molecule has 0 saturated carbocycles. The van der Waals surface area contributed by atoms with Gasteiger partial charge in [0.1, 0.15) is 0 Å². The second-order valence-electron chi connectivity index (χ2n) is 19.4. The van der Waals surface area contributed by atoms with Crippen LogP contribution in [-0.4, -0.2) is 24.1 Å². The molecule has 66 heavy (non-hydrogen) atoms. The first-order chi connectivity index (χ1) is 32.2. The van der Waals surface area contributed by atoms with E-state index in [1.165, 1.54) is 65.6 Å². The Kier molecular flexibility index (Phi) is 8.36. The third-order valence-corrected chi connectivity index (χ3v) is 14.6. The van der Waals surface area contributed by atoms with Crippen LogP contribution in [0.15, 0.2) is 188 Å². The molecule has 9 aromatic carbocycles. The highest BCUT2D eigenvalue weighted by Crippen LogP contribution is 2.51. The second-order valence-corrected chi connectivity index (χ2v) is 19.4. The molecule has 5 heteroatoms. The molecule has 3 heterocycles. The number of aromatic nitrogens is 5. The summed E-state index contributed by atoms with van der Waals surface area (Å²) in [6, 6.07) is 67.9. The molecule has 1 aliphatic rings. The number of fused-ring (bicyclic) bond motifs is 11. The fraction of sp³-hybridized carbons (Fsp3) is 0.131. The molecule has 0 amide bonds. The van der Waals surface area contributed by atoms with Gasteiger partial charge < -0.3 is 4.57 Å². The SMILES string of the molecule is CC1(C)CCC(C)(C)c2cc3c(cc21)c1c2c4c5ccccc5ccc4n(-c4ccccc4)c2ccc1n3-c1nc(-c2ccccc2)nc(-c2ccc(-c3ccccc3)c3ccccc23)n1. The van der Waals surface area contributed by atoms with Gasteiger partial charge in [-0.1, -0.05) is 167 Å². The van der Waals surface area contributed by atoms with Gasteiger partial charge in [0.05, 0.1) is 22.1 Å². The summed E-state index contributed by atoms with van der Waals surface area (Å²) in [5.41, 5.74) is 12.7. The molecule has 0 bridgehead atoms. The molecule has 0 N–H and O–H groups in total. The van der Waals surface area contributed by atoms with E-state index in [-0.39, 0.29) is 10.8 Å². The largest absolute Gasteiger partial charge is 0.309 e. The quantitative estimate of drug-likeness (QED) is 0.173. The highest BCUT2D eigenvalue weighted by atomic mass is 15.2. The Morgan fingerprint density at radius 1 is 0.379 bits per heavy atom. The lowest BCUT2D eigenvalue weighted by molar-refractivity contribution is 0.332. The van der Waals surface area contributed by atoms with Crippen LogP contribution in [-0.2, 0) is 10.8 Å². The lowest BCUT2D eigenvalue weighted by atomic mass is 9.63. The fourth-order valence-corrected chi connectivity index (χ4v) is 11.2. The van der Waals surface area contributed by atoms with Gasteiger partial charge in [-0.05, 0) is 116 Å². The highest BCUT2D eigenvalue weighted by molar-refractivity contribution is 6.33. The van der Waals surface area contributed by atoms with Crippen molar-refractivity contribution in [2.24, 2.45) is 0 Å². The zero-order valence-corrected chi connectivity index (χ0v) is 37.5. The van der Waals surface area contributed by atoms with Gasteiger partial charge in [0, 0.05) is 38.4 Å². The van der Waals surface area contributed by atoms with Crippen molar-refractivity contribution in [3.05, 3.63) is 199 Å². The Labute approximate surface area is 383 Å². The summed E-state index contributed by atoms with van der Waals surface area (Å²) >= 11 is 0. The van der Waals surface area contributed by atoms with E-state index in [0.29, 0.717) is 17.6 Å². The molecule has 0 unspecified atom stereocenters. The van der Waals surface area contributed by atoms with Crippen LogP contribution < -0.4 is 0 Å². The average Bonchev–Trinajstić information content (AvgIpc) is 3.88. The number of benzene rings is 9. The van der Waals surface area contributed by atoms with Crippen LogP contribution >= 0.6 is 0 Å². The van der Waals surface area contributed by atoms with Crippen molar-refractivity contribution in [2.45, 2.75) is 51.4 Å². The number of rotatable bonds is 5. The van der Waals surface area contributed by atoms with Gasteiger partial charge in [-0.3, -0.25) is 4.57 Å². The molecule has 1 aliphatic carbocycles. The zero-order valence-electron chi connectivity index (χ0n) is 37.5. The minimum Gasteiger partial charge on any atom is -0.309 e. The van der Waals surface area contributed by atoms with Gasteiger partial charge in [-0.25, -0.2) is 4.98 Å². The maximum atomic E-state index is 5.58. The van der Waals surface area contributed by atoms with Crippen LogP contribution in [0.3, 0.4) is 0 Å². The molecule has 0 atom stereocenters. The summed E-state index contributed by atoms with van der Waals surface area (Å²) in [6.07, 6.45) is 2.23. The van der Waals surface area contributed by atoms with Gasteiger partial charge in [-0.2, -0.15) is 9.97 Å². The van der Waals surface area contributed by atoms with E-state index in [1.807, 2.05) is 6.07 Å². The van der Waals surface area contributed by atoms with Crippen molar-refractivity contribution < 1.29 is 0 Å². The van der Waals surface area contributed by atoms with E-state index < -0.39 is 0 Å². The normalized spacial score (nSPS) is 14.5. The first kappa shape index (κ1) is 38.6. The molecular weight excluding hydrogens is 803 g/mol. The summed E-state index contributed by atoms with van der Waals surface area (Å²) in [6.45, 7) is 9.68. The predicted molar refractivity (Wildman–Crippen MR) is 275 cm³/mol. The maximum Gasteiger partial charge on any atom is 0.238 e. The summed E-state index contributed by atoms with van der Waals surface area (Å²) in [7, 11) is 0. The van der Waals surface area contributed by atoms with Gasteiger partial charge in [0.2, 0.25) is 5.95 Å². The molecule has 316 valence electrons. The molecule has 0 saturated heterocycles. The fourth-order valence-electron chi connectivity index (χ4n) is 11.2. The van der Waals surface area contributed by atoms with E-state index in [0.717, 1.165) is 51.5 Å². The van der Waals surface area contributed by atoms with Gasteiger partial charge >= 0.3 is 0 Å². The van der Waals surface area contributed by atoms with Crippen LogP contribution in [0.5, 0.6) is 0 Å². The molecular formula is C61H47N5. The third kappa shape index (κ3) is 5.75. The molecule has 13 rings (SSSR count). The molecule has 0 spiro atoms. The number of hydrogen-bond donors (Lipinski definition) is 0. The van der Waals surface area contributed by atoms with Crippen LogP contribution in [0.2, 0.25) is 0 Å². The summed E-state index contributed by atoms with van der Waals surface area (Å²) in [5, 5.41) is 9.61. The average molecular weight is 850 g/mol. The molecule has 12 aromatic rings. The minimum absolute atomic E-state index is 0.000117. The van der Waals surface area contributed by atoms with Crippen LogP contribution in [0.4, 0.5) is 0 Å². The van der Waals surface area contributed by atoms with Crippen molar-refractivity contribution in [1.82, 2.24) is 24.1 Å². The standard InChI is InChI=1S/C61H47N5/c1-60(2)34-35-61(3,4)49-37-53-47(36-48(49)60)55-51(32-33-52-56(55)54-43-25-15-14-20-39(43)28-31-50(54)65(52)41-23-12-7-13-24-41)66(53)59-63-57(40-21-10-6-11-22-40)62-58(64-59)46-30-29-42(38-18-8-5-9-19-38)44-26-16-17-27-45(44)46/h5-33,36-37H,34-35H2,1-4H3. The smallest absolute Gasteiger partial charge is 0.238 e. The van der Waals surface area contributed by atoms with Crippen LogP contribution in [0.25, 0.3) is 111 Å². The minimum atomic E-state index is -0.0198. The molecule has 0 radical (unpaired) electrons. The Hall–Kier alpha value is -7.89. The summed E-state index contributed by atoms with van der Waals surface area (Å²) in [5.74, 6) is 1.87. The molecule has 0 aliphatic heterocycles. The third-order valence-electron chi connectivity index (χ3n) is 14.6. The highest BCUT2D eigenvalue weighted by Gasteiger charge is 2.38. The van der Waals surface area contributed by atoms with E-state index >= 15 is 0 Å². The van der Waals surface area contributed by atoms with Crippen LogP contribution in [0, 0.1) is 0 Å². The van der Waals surface area contributed by atoms with E-state index in [1.54, 1.807) is 0 Å². The lowest BCUT2D eigenvalue weighted by Crippen LogP contribution is -2.33. The van der Waals surface area contributed by atoms with Crippen LogP contribution in [0.1, 0.15) is 51.7 Å². The topological polar surface area (TPSA) is 48.5 Å². The number of para-hydroxylation sites is 1. The monoisotopic (exact) mass is 849 g/mol. The Balaban J connectivity index is 1.19. The first-order valence-electron chi connectivity index (χ1n) is 23.2. The number of nitrogens with zero attached hydrogens (tertiary/aromatic N) is 5. The maximum absolute atomic E-state index is 5.58. The van der Waals surface area contributed by atoms with Crippen molar-refractivity contribution in [3.63, 3.8) is 0 Å². The Morgan fingerprint density at radius 3 is 1.61 bits per heavy atom. The lowest BCUT2D eigenvalue weighted by Gasteiger charge is -2.42. The predicted octanol–water partition coefficient (Wildman–Crippen LogP) is 15.7. The van der Waals surface area contributed by atoms with Gasteiger partial charge in [0.25, 0.3) is 0 Å². The Morgan fingerprint density at radius 2 is 0.894 bits per heavy atom. The molecule has 0 fully saturated rings. The van der Waals surface area contributed by atoms with Crippen molar-refractivity contribution >= 4 is 65.2 Å². The van der Waals surface area contributed by atoms with E-state index in [9.17, 15) is 0 Å². The van der Waals surface area contributed by atoms with Crippen molar-refractivity contribution in [1.29, 1.82) is 0 Å².